The molecular weight excluding hydrogens is 635 g/mol. The number of hydrogen-bond donors (Lipinski definition) is 0. The second kappa shape index (κ2) is 11.1. The predicted molar refractivity (Wildman–Crippen MR) is 174 cm³/mol. The second-order valence-corrected chi connectivity index (χ2v) is 12.4. The van der Waals surface area contributed by atoms with Gasteiger partial charge in [0.15, 0.2) is 5.71 Å². The SMILES string of the molecule is CCN1/C(=C/C=C(Cl)/C=C/C2=[N+](CC)c3ccc4ccccc4c3C2(C)C)C(C)(C)c2c1ccc1ccccc21.[I-]. The van der Waals surface area contributed by atoms with Gasteiger partial charge in [-0.3, -0.25) is 0 Å². The topological polar surface area (TPSA) is 6.25 Å². The molecule has 0 unspecified atom stereocenters. The normalized spacial score (nSPS) is 18.5. The van der Waals surface area contributed by atoms with Gasteiger partial charge in [0.1, 0.15) is 6.54 Å². The van der Waals surface area contributed by atoms with E-state index in [1.54, 1.807) is 0 Å². The minimum absolute atomic E-state index is 0. The van der Waals surface area contributed by atoms with Crippen molar-refractivity contribution in [3.05, 3.63) is 119 Å². The highest BCUT2D eigenvalue weighted by atomic mass is 127. The molecule has 0 spiro atoms. The molecule has 0 bridgehead atoms. The van der Waals surface area contributed by atoms with Crippen LogP contribution in [0.1, 0.15) is 52.7 Å². The lowest BCUT2D eigenvalue weighted by molar-refractivity contribution is -0.433. The van der Waals surface area contributed by atoms with E-state index in [2.05, 4.69) is 148 Å². The molecule has 0 saturated heterocycles. The van der Waals surface area contributed by atoms with Crippen LogP contribution in [0, 0.1) is 0 Å². The standard InChI is InChI=1S/C37H38ClN2.HI/c1-7-39-30-21-17-25-13-9-11-15-28(25)34(30)36(3,4)32(39)23-19-27(38)20-24-33-37(5,6)35-29-16-12-10-14-26(29)18-22-31(35)40(33)8-2;/h9-24H,7-8H2,1-6H3;1H/q+1;/p-1. The zero-order valence-corrected chi connectivity index (χ0v) is 27.7. The fourth-order valence-electron chi connectivity index (χ4n) is 7.12. The Bertz CT molecular complexity index is 1790. The lowest BCUT2D eigenvalue weighted by Crippen LogP contribution is -3.00. The minimum Gasteiger partial charge on any atom is -1.00 e. The zero-order valence-electron chi connectivity index (χ0n) is 24.8. The smallest absolute Gasteiger partial charge is 0.210 e. The van der Waals surface area contributed by atoms with Crippen LogP contribution in [0.5, 0.6) is 0 Å². The van der Waals surface area contributed by atoms with Crippen molar-refractivity contribution >= 4 is 50.2 Å². The first-order valence-corrected chi connectivity index (χ1v) is 14.8. The number of allylic oxidation sites excluding steroid dienone is 6. The van der Waals surface area contributed by atoms with Gasteiger partial charge < -0.3 is 28.9 Å². The number of likely N-dealkylation sites (N-methyl/N-ethyl adjacent to an activating group) is 1. The summed E-state index contributed by atoms with van der Waals surface area (Å²) in [7, 11) is 0. The largest absolute Gasteiger partial charge is 1.00 e. The molecule has 2 aliphatic heterocycles. The molecule has 4 aromatic carbocycles. The summed E-state index contributed by atoms with van der Waals surface area (Å²) in [6, 6.07) is 26.4. The summed E-state index contributed by atoms with van der Waals surface area (Å²) >= 11 is 6.90. The van der Waals surface area contributed by atoms with E-state index in [4.69, 9.17) is 11.6 Å². The number of halogens is 2. The van der Waals surface area contributed by atoms with Crippen molar-refractivity contribution in [2.24, 2.45) is 0 Å². The molecule has 4 aromatic rings. The van der Waals surface area contributed by atoms with Crippen molar-refractivity contribution in [2.75, 3.05) is 18.0 Å². The molecule has 210 valence electrons. The van der Waals surface area contributed by atoms with Crippen LogP contribution in [0.2, 0.25) is 0 Å². The number of anilines is 1. The Hall–Kier alpha value is -2.89. The fourth-order valence-corrected chi connectivity index (χ4v) is 7.25. The van der Waals surface area contributed by atoms with Gasteiger partial charge in [-0.25, -0.2) is 0 Å². The van der Waals surface area contributed by atoms with Crippen LogP contribution in [-0.4, -0.2) is 23.4 Å². The van der Waals surface area contributed by atoms with Gasteiger partial charge in [0.2, 0.25) is 5.69 Å². The number of fused-ring (bicyclic) bond motifs is 6. The lowest BCUT2D eigenvalue weighted by Gasteiger charge is -2.26. The van der Waals surface area contributed by atoms with Gasteiger partial charge in [0.05, 0.1) is 5.41 Å². The molecule has 2 heterocycles. The van der Waals surface area contributed by atoms with E-state index in [9.17, 15) is 0 Å². The Kier molecular flexibility index (Phi) is 7.99. The number of hydrogen-bond acceptors (Lipinski definition) is 1. The third kappa shape index (κ3) is 4.66. The highest BCUT2D eigenvalue weighted by Gasteiger charge is 2.45. The molecule has 0 aromatic heterocycles. The van der Waals surface area contributed by atoms with Crippen LogP contribution < -0.4 is 28.9 Å². The quantitative estimate of drug-likeness (QED) is 0.129. The van der Waals surface area contributed by atoms with Crippen molar-refractivity contribution in [3.8, 4) is 0 Å². The van der Waals surface area contributed by atoms with E-state index in [1.165, 1.54) is 55.5 Å². The van der Waals surface area contributed by atoms with E-state index >= 15 is 0 Å². The Morgan fingerprint density at radius 3 is 2.05 bits per heavy atom. The van der Waals surface area contributed by atoms with Gasteiger partial charge in [-0.1, -0.05) is 80.0 Å². The van der Waals surface area contributed by atoms with Crippen molar-refractivity contribution in [1.29, 1.82) is 0 Å². The summed E-state index contributed by atoms with van der Waals surface area (Å²) in [5.74, 6) is 0. The van der Waals surface area contributed by atoms with Crippen molar-refractivity contribution in [3.63, 3.8) is 0 Å². The van der Waals surface area contributed by atoms with Crippen molar-refractivity contribution in [1.82, 2.24) is 0 Å². The molecule has 0 radical (unpaired) electrons. The average Bonchev–Trinajstić information content (AvgIpc) is 3.32. The van der Waals surface area contributed by atoms with Crippen LogP contribution in [0.15, 0.2) is 108 Å². The molecule has 2 nitrogen and oxygen atoms in total. The zero-order chi connectivity index (χ0) is 28.2. The Morgan fingerprint density at radius 2 is 1.41 bits per heavy atom. The van der Waals surface area contributed by atoms with Gasteiger partial charge in [-0.05, 0) is 85.2 Å². The Morgan fingerprint density at radius 1 is 0.805 bits per heavy atom. The third-order valence-electron chi connectivity index (χ3n) is 8.94. The molecule has 0 fully saturated rings. The fraction of sp³-hybridized carbons (Fsp3) is 0.270. The Labute approximate surface area is 266 Å². The molecule has 0 N–H and O–H groups in total. The molecule has 0 amide bonds. The third-order valence-corrected chi connectivity index (χ3v) is 9.19. The van der Waals surface area contributed by atoms with E-state index < -0.39 is 0 Å². The van der Waals surface area contributed by atoms with Gasteiger partial charge in [0, 0.05) is 46.1 Å². The van der Waals surface area contributed by atoms with Crippen LogP contribution in [0.3, 0.4) is 0 Å². The van der Waals surface area contributed by atoms with Gasteiger partial charge in [-0.15, -0.1) is 0 Å². The molecule has 0 atom stereocenters. The number of rotatable bonds is 5. The maximum atomic E-state index is 6.90. The molecule has 0 saturated carbocycles. The van der Waals surface area contributed by atoms with Crippen LogP contribution in [0.4, 0.5) is 11.4 Å². The molecule has 0 aliphatic carbocycles. The maximum absolute atomic E-state index is 6.90. The van der Waals surface area contributed by atoms with E-state index in [-0.39, 0.29) is 34.8 Å². The Balaban J connectivity index is 0.00000337. The predicted octanol–water partition coefficient (Wildman–Crippen LogP) is 6.77. The summed E-state index contributed by atoms with van der Waals surface area (Å²) in [4.78, 5) is 2.43. The summed E-state index contributed by atoms with van der Waals surface area (Å²) in [5.41, 5.74) is 7.66. The first-order valence-electron chi connectivity index (χ1n) is 14.4. The summed E-state index contributed by atoms with van der Waals surface area (Å²) in [6.07, 6.45) is 8.56. The molecular formula is C37H38ClIN2. The molecule has 6 rings (SSSR count). The number of nitrogens with zero attached hydrogens (tertiary/aromatic N) is 2. The van der Waals surface area contributed by atoms with Crippen molar-refractivity contribution < 1.29 is 28.6 Å². The highest BCUT2D eigenvalue weighted by Crippen LogP contribution is 2.50. The first kappa shape index (κ1) is 29.6. The summed E-state index contributed by atoms with van der Waals surface area (Å²) in [6.45, 7) is 15.6. The summed E-state index contributed by atoms with van der Waals surface area (Å²) in [5, 5.41) is 5.95. The molecule has 41 heavy (non-hydrogen) atoms. The van der Waals surface area contributed by atoms with Crippen LogP contribution >= 0.6 is 11.6 Å². The minimum atomic E-state index is -0.131. The number of benzene rings is 4. The van der Waals surface area contributed by atoms with Crippen LogP contribution in [0.25, 0.3) is 21.5 Å². The molecule has 2 aliphatic rings. The first-order chi connectivity index (χ1) is 19.2. The summed E-state index contributed by atoms with van der Waals surface area (Å²) < 4.78 is 2.43. The monoisotopic (exact) mass is 672 g/mol. The van der Waals surface area contributed by atoms with Gasteiger partial charge in [0.25, 0.3) is 0 Å². The van der Waals surface area contributed by atoms with E-state index in [0.717, 1.165) is 18.1 Å². The van der Waals surface area contributed by atoms with E-state index in [1.807, 2.05) is 0 Å². The molecule has 4 heteroatoms. The van der Waals surface area contributed by atoms with E-state index in [0.29, 0.717) is 0 Å². The second-order valence-electron chi connectivity index (χ2n) is 11.9. The van der Waals surface area contributed by atoms with Crippen LogP contribution in [-0.2, 0) is 10.8 Å². The maximum Gasteiger partial charge on any atom is 0.210 e. The van der Waals surface area contributed by atoms with Gasteiger partial charge >= 0.3 is 0 Å². The van der Waals surface area contributed by atoms with Crippen molar-refractivity contribution in [2.45, 2.75) is 52.4 Å². The lowest BCUT2D eigenvalue weighted by atomic mass is 9.79. The highest BCUT2D eigenvalue weighted by molar-refractivity contribution is 6.31. The average molecular weight is 673 g/mol. The van der Waals surface area contributed by atoms with Gasteiger partial charge in [-0.2, -0.15) is 4.58 Å².